The first-order chi connectivity index (χ1) is 9.11. The van der Waals surface area contributed by atoms with E-state index < -0.39 is 0 Å². The Hall–Kier alpha value is -1.39. The summed E-state index contributed by atoms with van der Waals surface area (Å²) in [5.74, 6) is 0.632. The zero-order valence-electron chi connectivity index (χ0n) is 11.0. The zero-order chi connectivity index (χ0) is 13.8. The SMILES string of the molecule is CCNC(Cc1nccn1C)c1ccc(Cl)cc1F. The molecule has 0 saturated carbocycles. The molecule has 1 atom stereocenters. The summed E-state index contributed by atoms with van der Waals surface area (Å²) in [5, 5.41) is 3.70. The number of nitrogens with zero attached hydrogens (tertiary/aromatic N) is 2. The largest absolute Gasteiger partial charge is 0.338 e. The van der Waals surface area contributed by atoms with Crippen molar-refractivity contribution in [3.8, 4) is 0 Å². The van der Waals surface area contributed by atoms with E-state index in [1.54, 1.807) is 18.3 Å². The van der Waals surface area contributed by atoms with Crippen molar-refractivity contribution in [1.29, 1.82) is 0 Å². The van der Waals surface area contributed by atoms with Gasteiger partial charge in [0.05, 0.1) is 0 Å². The monoisotopic (exact) mass is 281 g/mol. The fourth-order valence-corrected chi connectivity index (χ4v) is 2.26. The number of imidazole rings is 1. The molecule has 0 aliphatic carbocycles. The first-order valence-corrected chi connectivity index (χ1v) is 6.64. The lowest BCUT2D eigenvalue weighted by atomic mass is 10.0. The molecule has 102 valence electrons. The maximum absolute atomic E-state index is 14.0. The van der Waals surface area contributed by atoms with E-state index >= 15 is 0 Å². The minimum atomic E-state index is -0.285. The molecule has 3 nitrogen and oxygen atoms in total. The predicted molar refractivity (Wildman–Crippen MR) is 74.7 cm³/mol. The highest BCUT2D eigenvalue weighted by molar-refractivity contribution is 6.30. The Balaban J connectivity index is 2.27. The van der Waals surface area contributed by atoms with E-state index in [0.29, 0.717) is 17.0 Å². The third kappa shape index (κ3) is 3.33. The first kappa shape index (κ1) is 14.0. The Labute approximate surface area is 117 Å². The molecular weight excluding hydrogens is 265 g/mol. The lowest BCUT2D eigenvalue weighted by Gasteiger charge is -2.19. The second-order valence-electron chi connectivity index (χ2n) is 4.43. The van der Waals surface area contributed by atoms with E-state index in [2.05, 4.69) is 10.3 Å². The van der Waals surface area contributed by atoms with Gasteiger partial charge in [-0.15, -0.1) is 0 Å². The van der Waals surface area contributed by atoms with Gasteiger partial charge in [0.25, 0.3) is 0 Å². The van der Waals surface area contributed by atoms with E-state index in [1.165, 1.54) is 6.07 Å². The van der Waals surface area contributed by atoms with Crippen molar-refractivity contribution < 1.29 is 4.39 Å². The van der Waals surface area contributed by atoms with Crippen LogP contribution >= 0.6 is 11.6 Å². The summed E-state index contributed by atoms with van der Waals surface area (Å²) in [6, 6.07) is 4.68. The molecule has 1 heterocycles. The van der Waals surface area contributed by atoms with Gasteiger partial charge in [-0.1, -0.05) is 24.6 Å². The number of nitrogens with one attached hydrogen (secondary N) is 1. The second-order valence-corrected chi connectivity index (χ2v) is 4.87. The van der Waals surface area contributed by atoms with Crippen LogP contribution in [-0.4, -0.2) is 16.1 Å². The quantitative estimate of drug-likeness (QED) is 0.913. The maximum atomic E-state index is 14.0. The Morgan fingerprint density at radius 2 is 2.26 bits per heavy atom. The summed E-state index contributed by atoms with van der Waals surface area (Å²) in [7, 11) is 1.93. The highest BCUT2D eigenvalue weighted by Gasteiger charge is 2.17. The molecule has 0 aliphatic rings. The van der Waals surface area contributed by atoms with Gasteiger partial charge in [-0.3, -0.25) is 0 Å². The number of aromatic nitrogens is 2. The third-order valence-corrected chi connectivity index (χ3v) is 3.33. The van der Waals surface area contributed by atoms with Crippen molar-refractivity contribution in [2.75, 3.05) is 6.54 Å². The molecule has 0 saturated heterocycles. The molecule has 2 aromatic rings. The smallest absolute Gasteiger partial charge is 0.129 e. The topological polar surface area (TPSA) is 29.9 Å². The van der Waals surface area contributed by atoms with Gasteiger partial charge >= 0.3 is 0 Å². The standard InChI is InChI=1S/C14H17ClFN3/c1-3-17-13(9-14-18-6-7-19(14)2)11-5-4-10(15)8-12(11)16/h4-8,13,17H,3,9H2,1-2H3. The van der Waals surface area contributed by atoms with Crippen LogP contribution in [0, 0.1) is 5.82 Å². The lowest BCUT2D eigenvalue weighted by Crippen LogP contribution is -2.25. The first-order valence-electron chi connectivity index (χ1n) is 6.26. The average Bonchev–Trinajstić information content (AvgIpc) is 2.75. The molecule has 0 amide bonds. The van der Waals surface area contributed by atoms with Crippen LogP contribution in [0.25, 0.3) is 0 Å². The third-order valence-electron chi connectivity index (χ3n) is 3.10. The molecule has 5 heteroatoms. The van der Waals surface area contributed by atoms with E-state index in [1.807, 2.05) is 24.7 Å². The predicted octanol–water partition coefficient (Wildman–Crippen LogP) is 3.11. The molecule has 1 unspecified atom stereocenters. The van der Waals surface area contributed by atoms with Gasteiger partial charge in [-0.2, -0.15) is 0 Å². The van der Waals surface area contributed by atoms with Crippen molar-refractivity contribution in [2.45, 2.75) is 19.4 Å². The van der Waals surface area contributed by atoms with Gasteiger partial charge in [-0.05, 0) is 18.7 Å². The number of aryl methyl sites for hydroxylation is 1. The summed E-state index contributed by atoms with van der Waals surface area (Å²) >= 11 is 5.79. The van der Waals surface area contributed by atoms with Gasteiger partial charge in [0.2, 0.25) is 0 Å². The van der Waals surface area contributed by atoms with Crippen molar-refractivity contribution in [2.24, 2.45) is 7.05 Å². The Morgan fingerprint density at radius 3 is 2.84 bits per heavy atom. The Bertz CT molecular complexity index is 553. The highest BCUT2D eigenvalue weighted by Crippen LogP contribution is 2.23. The Kier molecular flexibility index (Phi) is 4.56. The van der Waals surface area contributed by atoms with Crippen LogP contribution < -0.4 is 5.32 Å². The molecule has 0 fully saturated rings. The maximum Gasteiger partial charge on any atom is 0.129 e. The van der Waals surface area contributed by atoms with Crippen molar-refractivity contribution in [3.05, 3.63) is 52.8 Å². The molecule has 19 heavy (non-hydrogen) atoms. The number of halogens is 2. The normalized spacial score (nSPS) is 12.6. The number of likely N-dealkylation sites (N-methyl/N-ethyl adjacent to an activating group) is 1. The van der Waals surface area contributed by atoms with Crippen LogP contribution in [0.4, 0.5) is 4.39 Å². The highest BCUT2D eigenvalue weighted by atomic mass is 35.5. The van der Waals surface area contributed by atoms with Gasteiger partial charge in [-0.25, -0.2) is 9.37 Å². The molecule has 1 aromatic carbocycles. The van der Waals surface area contributed by atoms with E-state index in [9.17, 15) is 4.39 Å². The fourth-order valence-electron chi connectivity index (χ4n) is 2.10. The summed E-state index contributed by atoms with van der Waals surface area (Å²) in [6.45, 7) is 2.76. The van der Waals surface area contributed by atoms with Gasteiger partial charge < -0.3 is 9.88 Å². The summed E-state index contributed by atoms with van der Waals surface area (Å²) in [5.41, 5.74) is 0.620. The average molecular weight is 282 g/mol. The number of benzene rings is 1. The molecule has 0 radical (unpaired) electrons. The second kappa shape index (κ2) is 6.17. The molecular formula is C14H17ClFN3. The summed E-state index contributed by atoms with van der Waals surface area (Å²) in [4.78, 5) is 4.29. The molecule has 0 aliphatic heterocycles. The number of hydrogen-bond donors (Lipinski definition) is 1. The van der Waals surface area contributed by atoms with Crippen LogP contribution in [0.3, 0.4) is 0 Å². The minimum absolute atomic E-state index is 0.108. The molecule has 0 bridgehead atoms. The zero-order valence-corrected chi connectivity index (χ0v) is 11.8. The fraction of sp³-hybridized carbons (Fsp3) is 0.357. The lowest BCUT2D eigenvalue weighted by molar-refractivity contribution is 0.496. The molecule has 1 N–H and O–H groups in total. The summed E-state index contributed by atoms with van der Waals surface area (Å²) < 4.78 is 15.9. The van der Waals surface area contributed by atoms with E-state index in [0.717, 1.165) is 12.4 Å². The van der Waals surface area contributed by atoms with Crippen LogP contribution in [-0.2, 0) is 13.5 Å². The van der Waals surface area contributed by atoms with Crippen molar-refractivity contribution in [3.63, 3.8) is 0 Å². The Morgan fingerprint density at radius 1 is 1.47 bits per heavy atom. The number of rotatable bonds is 5. The van der Waals surface area contributed by atoms with Crippen molar-refractivity contribution >= 4 is 11.6 Å². The minimum Gasteiger partial charge on any atom is -0.338 e. The van der Waals surface area contributed by atoms with Crippen LogP contribution in [0.1, 0.15) is 24.4 Å². The van der Waals surface area contributed by atoms with Gasteiger partial charge in [0.1, 0.15) is 11.6 Å². The van der Waals surface area contributed by atoms with Crippen LogP contribution in [0.2, 0.25) is 5.02 Å². The van der Waals surface area contributed by atoms with Gasteiger partial charge in [0, 0.05) is 42.5 Å². The molecule has 0 spiro atoms. The van der Waals surface area contributed by atoms with Gasteiger partial charge in [0.15, 0.2) is 0 Å². The molecule has 1 aromatic heterocycles. The van der Waals surface area contributed by atoms with E-state index in [4.69, 9.17) is 11.6 Å². The van der Waals surface area contributed by atoms with Crippen molar-refractivity contribution in [1.82, 2.24) is 14.9 Å². The molecule has 2 rings (SSSR count). The van der Waals surface area contributed by atoms with E-state index in [-0.39, 0.29) is 11.9 Å². The van der Waals surface area contributed by atoms with Crippen LogP contribution in [0.15, 0.2) is 30.6 Å². The summed E-state index contributed by atoms with van der Waals surface area (Å²) in [6.07, 6.45) is 4.27. The number of hydrogen-bond acceptors (Lipinski definition) is 2. The van der Waals surface area contributed by atoms with Crippen LogP contribution in [0.5, 0.6) is 0 Å².